The molecule has 0 fully saturated rings. The molecule has 1 aromatic heterocycles. The Bertz CT molecular complexity index is 1480. The molecule has 0 N–H and O–H groups in total. The van der Waals surface area contributed by atoms with Gasteiger partial charge in [-0.3, -0.25) is 4.79 Å². The Morgan fingerprint density at radius 3 is 1.83 bits per heavy atom. The molecule has 0 aliphatic carbocycles. The Morgan fingerprint density at radius 2 is 1.23 bits per heavy atom. The van der Waals surface area contributed by atoms with Crippen LogP contribution in [-0.4, -0.2) is 7.11 Å². The smallest absolute Gasteiger partial charge is 0.239 e. The van der Waals surface area contributed by atoms with Gasteiger partial charge in [0.2, 0.25) is 11.2 Å². The van der Waals surface area contributed by atoms with E-state index in [-0.39, 0.29) is 23.2 Å². The predicted octanol–water partition coefficient (Wildman–Crippen LogP) is 6.63. The van der Waals surface area contributed by atoms with Crippen LogP contribution >= 0.6 is 0 Å². The van der Waals surface area contributed by atoms with Gasteiger partial charge < -0.3 is 18.6 Å². The van der Waals surface area contributed by atoms with Crippen molar-refractivity contribution in [3.63, 3.8) is 0 Å². The first-order valence-corrected chi connectivity index (χ1v) is 11.3. The summed E-state index contributed by atoms with van der Waals surface area (Å²) in [6.07, 6.45) is 0. The second kappa shape index (κ2) is 10.2. The number of methoxy groups -OCH3 is 1. The molecule has 0 unspecified atom stereocenters. The Hall–Kier alpha value is -4.51. The molecule has 0 amide bonds. The Morgan fingerprint density at radius 1 is 0.657 bits per heavy atom. The summed E-state index contributed by atoms with van der Waals surface area (Å²) in [6.45, 7) is 0.600. The molecule has 35 heavy (non-hydrogen) atoms. The van der Waals surface area contributed by atoms with Gasteiger partial charge in [0.25, 0.3) is 0 Å². The molecular formula is C30H24O5. The molecule has 1 heterocycles. The summed E-state index contributed by atoms with van der Waals surface area (Å²) in [5.41, 5.74) is 2.80. The van der Waals surface area contributed by atoms with Crippen molar-refractivity contribution in [2.75, 3.05) is 7.11 Å². The van der Waals surface area contributed by atoms with Gasteiger partial charge in [-0.1, -0.05) is 91.0 Å². The zero-order valence-electron chi connectivity index (χ0n) is 19.3. The van der Waals surface area contributed by atoms with Gasteiger partial charge in [-0.2, -0.15) is 0 Å². The van der Waals surface area contributed by atoms with Gasteiger partial charge in [-0.05, 0) is 23.3 Å². The first-order valence-electron chi connectivity index (χ1n) is 11.3. The normalized spacial score (nSPS) is 10.8. The summed E-state index contributed by atoms with van der Waals surface area (Å²) >= 11 is 0. The Kier molecular flexibility index (Phi) is 6.48. The van der Waals surface area contributed by atoms with Gasteiger partial charge >= 0.3 is 0 Å². The zero-order valence-corrected chi connectivity index (χ0v) is 19.3. The van der Waals surface area contributed by atoms with Crippen LogP contribution in [0.1, 0.15) is 11.1 Å². The topological polar surface area (TPSA) is 57.9 Å². The van der Waals surface area contributed by atoms with E-state index >= 15 is 0 Å². The highest BCUT2D eigenvalue weighted by atomic mass is 16.5. The standard InChI is InChI=1S/C30H24O5/c1-32-30-27(31)26-24(35-28(30)23-15-9-4-10-16-23)17-18-25(33-19-21-11-5-2-6-12-21)29(26)34-20-22-13-7-3-8-14-22/h2-18H,19-20H2,1H3. The number of fused-ring (bicyclic) bond motifs is 1. The molecule has 0 aliphatic heterocycles. The fourth-order valence-electron chi connectivity index (χ4n) is 3.91. The molecule has 5 heteroatoms. The molecule has 0 saturated heterocycles. The first-order chi connectivity index (χ1) is 17.2. The molecule has 174 valence electrons. The Balaban J connectivity index is 1.63. The van der Waals surface area contributed by atoms with Gasteiger partial charge in [-0.25, -0.2) is 0 Å². The molecule has 0 aliphatic rings. The van der Waals surface area contributed by atoms with Crippen LogP contribution in [0.2, 0.25) is 0 Å². The highest BCUT2D eigenvalue weighted by Gasteiger charge is 2.22. The van der Waals surface area contributed by atoms with Crippen molar-refractivity contribution in [2.45, 2.75) is 13.2 Å². The van der Waals surface area contributed by atoms with Crippen LogP contribution in [0.25, 0.3) is 22.3 Å². The summed E-state index contributed by atoms with van der Waals surface area (Å²) in [5.74, 6) is 1.28. The monoisotopic (exact) mass is 464 g/mol. The number of hydrogen-bond donors (Lipinski definition) is 0. The third-order valence-corrected chi connectivity index (χ3v) is 5.64. The third-order valence-electron chi connectivity index (χ3n) is 5.64. The lowest BCUT2D eigenvalue weighted by atomic mass is 10.1. The van der Waals surface area contributed by atoms with Crippen LogP contribution in [-0.2, 0) is 13.2 Å². The molecule has 5 nitrogen and oxygen atoms in total. The summed E-state index contributed by atoms with van der Waals surface area (Å²) in [6, 6.07) is 32.5. The van der Waals surface area contributed by atoms with Crippen molar-refractivity contribution in [1.29, 1.82) is 0 Å². The van der Waals surface area contributed by atoms with Crippen molar-refractivity contribution in [1.82, 2.24) is 0 Å². The molecule has 5 rings (SSSR count). The van der Waals surface area contributed by atoms with Crippen LogP contribution in [0.4, 0.5) is 0 Å². The van der Waals surface area contributed by atoms with Gasteiger partial charge in [0, 0.05) is 5.56 Å². The summed E-state index contributed by atoms with van der Waals surface area (Å²) in [5, 5.41) is 0.281. The van der Waals surface area contributed by atoms with Crippen LogP contribution in [0.15, 0.2) is 112 Å². The van der Waals surface area contributed by atoms with E-state index in [9.17, 15) is 4.79 Å². The third kappa shape index (κ3) is 4.75. The minimum Gasteiger partial charge on any atom is -0.490 e. The highest BCUT2D eigenvalue weighted by Crippen LogP contribution is 2.39. The fraction of sp³-hybridized carbons (Fsp3) is 0.100. The second-order valence-corrected chi connectivity index (χ2v) is 7.97. The first kappa shape index (κ1) is 22.3. The molecule has 0 spiro atoms. The van der Waals surface area contributed by atoms with E-state index < -0.39 is 0 Å². The number of ether oxygens (including phenoxy) is 3. The van der Waals surface area contributed by atoms with Crippen molar-refractivity contribution in [2.24, 2.45) is 0 Å². The van der Waals surface area contributed by atoms with E-state index in [4.69, 9.17) is 18.6 Å². The highest BCUT2D eigenvalue weighted by molar-refractivity contribution is 5.89. The Labute approximate surface area is 203 Å². The van der Waals surface area contributed by atoms with E-state index in [0.29, 0.717) is 29.4 Å². The number of rotatable bonds is 8. The van der Waals surface area contributed by atoms with E-state index in [1.807, 2.05) is 91.0 Å². The van der Waals surface area contributed by atoms with Gasteiger partial charge in [0.1, 0.15) is 24.2 Å². The van der Waals surface area contributed by atoms with Crippen molar-refractivity contribution >= 4 is 11.0 Å². The molecule has 0 atom stereocenters. The van der Waals surface area contributed by atoms with Crippen LogP contribution < -0.4 is 19.6 Å². The lowest BCUT2D eigenvalue weighted by Crippen LogP contribution is -2.10. The molecule has 0 bridgehead atoms. The maximum Gasteiger partial charge on any atom is 0.239 e. The minimum absolute atomic E-state index is 0.119. The van der Waals surface area contributed by atoms with E-state index in [1.54, 1.807) is 12.1 Å². The van der Waals surface area contributed by atoms with Gasteiger partial charge in [-0.15, -0.1) is 0 Å². The second-order valence-electron chi connectivity index (χ2n) is 7.97. The maximum absolute atomic E-state index is 13.7. The predicted molar refractivity (Wildman–Crippen MR) is 136 cm³/mol. The lowest BCUT2D eigenvalue weighted by molar-refractivity contribution is 0.258. The molecular weight excluding hydrogens is 440 g/mol. The minimum atomic E-state index is -0.319. The van der Waals surface area contributed by atoms with E-state index in [1.165, 1.54) is 7.11 Å². The SMILES string of the molecule is COc1c(-c2ccccc2)oc2ccc(OCc3ccccc3)c(OCc3ccccc3)c2c1=O. The zero-order chi connectivity index (χ0) is 24.0. The molecule has 4 aromatic carbocycles. The molecule has 0 radical (unpaired) electrons. The lowest BCUT2D eigenvalue weighted by Gasteiger charge is -2.16. The van der Waals surface area contributed by atoms with Crippen molar-refractivity contribution < 1.29 is 18.6 Å². The average Bonchev–Trinajstić information content (AvgIpc) is 2.92. The van der Waals surface area contributed by atoms with Gasteiger partial charge in [0.15, 0.2) is 17.3 Å². The fourth-order valence-corrected chi connectivity index (χ4v) is 3.91. The maximum atomic E-state index is 13.7. The van der Waals surface area contributed by atoms with Crippen LogP contribution in [0.5, 0.6) is 17.2 Å². The van der Waals surface area contributed by atoms with E-state index in [0.717, 1.165) is 16.7 Å². The quantitative estimate of drug-likeness (QED) is 0.258. The summed E-state index contributed by atoms with van der Waals surface area (Å²) < 4.78 is 24.1. The molecule has 5 aromatic rings. The number of benzene rings is 4. The molecule has 0 saturated carbocycles. The summed E-state index contributed by atoms with van der Waals surface area (Å²) in [7, 11) is 1.46. The van der Waals surface area contributed by atoms with Crippen molar-refractivity contribution in [3.8, 4) is 28.6 Å². The summed E-state index contributed by atoms with van der Waals surface area (Å²) in [4.78, 5) is 13.7. The number of hydrogen-bond acceptors (Lipinski definition) is 5. The van der Waals surface area contributed by atoms with Crippen LogP contribution in [0, 0.1) is 0 Å². The van der Waals surface area contributed by atoms with Crippen molar-refractivity contribution in [3.05, 3.63) is 124 Å². The van der Waals surface area contributed by atoms with Gasteiger partial charge in [0.05, 0.1) is 7.11 Å². The average molecular weight is 465 g/mol. The van der Waals surface area contributed by atoms with E-state index in [2.05, 4.69) is 0 Å². The largest absolute Gasteiger partial charge is 0.490 e. The van der Waals surface area contributed by atoms with Crippen LogP contribution in [0.3, 0.4) is 0 Å².